The Morgan fingerprint density at radius 1 is 1.48 bits per heavy atom. The largest absolute Gasteiger partial charge is 0.479 e. The van der Waals surface area contributed by atoms with Gasteiger partial charge in [0.15, 0.2) is 6.10 Å². The summed E-state index contributed by atoms with van der Waals surface area (Å²) in [6.45, 7) is 5.72. The number of hydrogen-bond acceptors (Lipinski definition) is 3. The summed E-state index contributed by atoms with van der Waals surface area (Å²) in [6.07, 6.45) is 0.508. The molecule has 1 fully saturated rings. The standard InChI is InChI=1S/C15H21ClN2O2.ClH/c1-10-7-8-17-9-13(10)18-15(19)11(2)20-14-6-4-3-5-12(14)16;/h3-6,10-11,13,17H,7-9H2,1-2H3,(H,18,19);1H. The van der Waals surface area contributed by atoms with Gasteiger partial charge in [-0.25, -0.2) is 0 Å². The minimum atomic E-state index is -0.566. The third kappa shape index (κ3) is 5.06. The number of halogens is 2. The van der Waals surface area contributed by atoms with Crippen LogP contribution in [0.15, 0.2) is 24.3 Å². The summed E-state index contributed by atoms with van der Waals surface area (Å²) in [5.74, 6) is 0.907. The second-order valence-electron chi connectivity index (χ2n) is 5.28. The number of amides is 1. The molecule has 1 amide bonds. The summed E-state index contributed by atoms with van der Waals surface area (Å²) in [5.41, 5.74) is 0. The van der Waals surface area contributed by atoms with Gasteiger partial charge >= 0.3 is 0 Å². The van der Waals surface area contributed by atoms with Crippen LogP contribution in [0.3, 0.4) is 0 Å². The smallest absolute Gasteiger partial charge is 0.261 e. The van der Waals surface area contributed by atoms with E-state index in [1.165, 1.54) is 0 Å². The van der Waals surface area contributed by atoms with E-state index in [1.807, 2.05) is 12.1 Å². The first-order valence-corrected chi connectivity index (χ1v) is 7.38. The minimum Gasteiger partial charge on any atom is -0.479 e. The first-order valence-electron chi connectivity index (χ1n) is 7.00. The third-order valence-electron chi connectivity index (χ3n) is 3.66. The number of carbonyl (C=O) groups is 1. The number of piperidine rings is 1. The molecule has 0 saturated carbocycles. The molecule has 0 aliphatic carbocycles. The number of benzene rings is 1. The molecule has 4 nitrogen and oxygen atoms in total. The molecule has 6 heteroatoms. The highest BCUT2D eigenvalue weighted by Crippen LogP contribution is 2.24. The summed E-state index contributed by atoms with van der Waals surface area (Å²) in [6, 6.07) is 7.33. The molecule has 1 saturated heterocycles. The monoisotopic (exact) mass is 332 g/mol. The van der Waals surface area contributed by atoms with Gasteiger partial charge in [-0.15, -0.1) is 12.4 Å². The van der Waals surface area contributed by atoms with E-state index in [0.29, 0.717) is 16.7 Å². The SMILES string of the molecule is CC(Oc1ccccc1Cl)C(=O)NC1CNCCC1C.Cl. The average molecular weight is 333 g/mol. The van der Waals surface area contributed by atoms with Gasteiger partial charge < -0.3 is 15.4 Å². The molecule has 0 aromatic heterocycles. The fraction of sp³-hybridized carbons (Fsp3) is 0.533. The van der Waals surface area contributed by atoms with Gasteiger partial charge in [0.1, 0.15) is 5.75 Å². The van der Waals surface area contributed by atoms with Crippen molar-refractivity contribution in [2.45, 2.75) is 32.4 Å². The van der Waals surface area contributed by atoms with Gasteiger partial charge in [-0.1, -0.05) is 30.7 Å². The van der Waals surface area contributed by atoms with E-state index in [2.05, 4.69) is 17.6 Å². The molecule has 2 N–H and O–H groups in total. The zero-order valence-electron chi connectivity index (χ0n) is 12.3. The van der Waals surface area contributed by atoms with Crippen LogP contribution in [0.1, 0.15) is 20.3 Å². The summed E-state index contributed by atoms with van der Waals surface area (Å²) in [7, 11) is 0. The van der Waals surface area contributed by atoms with E-state index in [4.69, 9.17) is 16.3 Å². The van der Waals surface area contributed by atoms with Crippen molar-refractivity contribution in [3.8, 4) is 5.75 Å². The number of nitrogens with one attached hydrogen (secondary N) is 2. The van der Waals surface area contributed by atoms with Crippen LogP contribution in [0.5, 0.6) is 5.75 Å². The summed E-state index contributed by atoms with van der Waals surface area (Å²) >= 11 is 6.02. The van der Waals surface area contributed by atoms with Crippen molar-refractivity contribution in [3.05, 3.63) is 29.3 Å². The van der Waals surface area contributed by atoms with E-state index >= 15 is 0 Å². The number of para-hydroxylation sites is 1. The summed E-state index contributed by atoms with van der Waals surface area (Å²) in [4.78, 5) is 12.2. The van der Waals surface area contributed by atoms with Crippen molar-refractivity contribution < 1.29 is 9.53 Å². The van der Waals surface area contributed by atoms with Gasteiger partial charge in [0, 0.05) is 12.6 Å². The molecule has 2 rings (SSSR count). The van der Waals surface area contributed by atoms with E-state index in [9.17, 15) is 4.79 Å². The Labute approximate surface area is 137 Å². The first-order chi connectivity index (χ1) is 9.58. The molecule has 0 spiro atoms. The maximum atomic E-state index is 12.2. The fourth-order valence-corrected chi connectivity index (χ4v) is 2.45. The highest BCUT2D eigenvalue weighted by Gasteiger charge is 2.25. The number of rotatable bonds is 4. The van der Waals surface area contributed by atoms with Crippen molar-refractivity contribution in [1.82, 2.24) is 10.6 Å². The van der Waals surface area contributed by atoms with Gasteiger partial charge in [-0.2, -0.15) is 0 Å². The maximum absolute atomic E-state index is 12.2. The van der Waals surface area contributed by atoms with Crippen LogP contribution in [0.2, 0.25) is 5.02 Å². The molecule has 21 heavy (non-hydrogen) atoms. The predicted octanol–water partition coefficient (Wildman–Crippen LogP) is 2.64. The van der Waals surface area contributed by atoms with Crippen molar-refractivity contribution in [2.75, 3.05) is 13.1 Å². The van der Waals surface area contributed by atoms with E-state index in [-0.39, 0.29) is 24.4 Å². The topological polar surface area (TPSA) is 50.4 Å². The molecular weight excluding hydrogens is 311 g/mol. The lowest BCUT2D eigenvalue weighted by Gasteiger charge is -2.31. The Kier molecular flexibility index (Phi) is 7.29. The molecule has 3 atom stereocenters. The molecule has 0 radical (unpaired) electrons. The quantitative estimate of drug-likeness (QED) is 0.891. The zero-order valence-corrected chi connectivity index (χ0v) is 13.8. The predicted molar refractivity (Wildman–Crippen MR) is 87.4 cm³/mol. The molecule has 1 aromatic carbocycles. The van der Waals surface area contributed by atoms with Gasteiger partial charge in [0.25, 0.3) is 5.91 Å². The average Bonchev–Trinajstić information content (AvgIpc) is 2.43. The normalized spacial score (nSPS) is 22.8. The minimum absolute atomic E-state index is 0. The fourth-order valence-electron chi connectivity index (χ4n) is 2.27. The Morgan fingerprint density at radius 3 is 2.86 bits per heavy atom. The number of hydrogen-bond donors (Lipinski definition) is 2. The molecule has 1 aromatic rings. The van der Waals surface area contributed by atoms with Crippen molar-refractivity contribution in [3.63, 3.8) is 0 Å². The van der Waals surface area contributed by atoms with E-state index in [1.54, 1.807) is 19.1 Å². The molecule has 1 heterocycles. The number of ether oxygens (including phenoxy) is 1. The van der Waals surface area contributed by atoms with Gasteiger partial charge in [0.2, 0.25) is 0 Å². The lowest BCUT2D eigenvalue weighted by Crippen LogP contribution is -2.52. The van der Waals surface area contributed by atoms with Crippen LogP contribution in [0.4, 0.5) is 0 Å². The molecule has 118 valence electrons. The van der Waals surface area contributed by atoms with Crippen LogP contribution in [-0.2, 0) is 4.79 Å². The Bertz CT molecular complexity index is 471. The van der Waals surface area contributed by atoms with Gasteiger partial charge in [0.05, 0.1) is 5.02 Å². The molecular formula is C15H22Cl2N2O2. The van der Waals surface area contributed by atoms with Gasteiger partial charge in [-0.05, 0) is 37.9 Å². The Hall–Kier alpha value is -0.970. The third-order valence-corrected chi connectivity index (χ3v) is 3.98. The Balaban J connectivity index is 0.00000220. The highest BCUT2D eigenvalue weighted by molar-refractivity contribution is 6.32. The Morgan fingerprint density at radius 2 is 2.19 bits per heavy atom. The van der Waals surface area contributed by atoms with Crippen LogP contribution in [0.25, 0.3) is 0 Å². The van der Waals surface area contributed by atoms with Gasteiger partial charge in [-0.3, -0.25) is 4.79 Å². The highest BCUT2D eigenvalue weighted by atomic mass is 35.5. The second-order valence-corrected chi connectivity index (χ2v) is 5.68. The lowest BCUT2D eigenvalue weighted by molar-refractivity contribution is -0.128. The van der Waals surface area contributed by atoms with E-state index in [0.717, 1.165) is 19.5 Å². The number of carbonyl (C=O) groups excluding carboxylic acids is 1. The van der Waals surface area contributed by atoms with Crippen LogP contribution >= 0.6 is 24.0 Å². The maximum Gasteiger partial charge on any atom is 0.261 e. The van der Waals surface area contributed by atoms with Crippen molar-refractivity contribution in [1.29, 1.82) is 0 Å². The zero-order chi connectivity index (χ0) is 14.5. The second kappa shape index (κ2) is 8.47. The van der Waals surface area contributed by atoms with Crippen LogP contribution in [0, 0.1) is 5.92 Å². The van der Waals surface area contributed by atoms with E-state index < -0.39 is 6.10 Å². The van der Waals surface area contributed by atoms with Crippen LogP contribution in [-0.4, -0.2) is 31.1 Å². The van der Waals surface area contributed by atoms with Crippen molar-refractivity contribution in [2.24, 2.45) is 5.92 Å². The molecule has 3 unspecified atom stereocenters. The van der Waals surface area contributed by atoms with Crippen LogP contribution < -0.4 is 15.4 Å². The van der Waals surface area contributed by atoms with Crippen molar-refractivity contribution >= 4 is 29.9 Å². The summed E-state index contributed by atoms with van der Waals surface area (Å²) < 4.78 is 5.62. The molecule has 0 bridgehead atoms. The lowest BCUT2D eigenvalue weighted by atomic mass is 9.95. The first kappa shape index (κ1) is 18.1. The summed E-state index contributed by atoms with van der Waals surface area (Å²) in [5, 5.41) is 6.84. The molecule has 1 aliphatic rings. The molecule has 1 aliphatic heterocycles.